The topological polar surface area (TPSA) is 17.1 Å². The van der Waals surface area contributed by atoms with Gasteiger partial charge in [-0.1, -0.05) is 19.4 Å². The summed E-state index contributed by atoms with van der Waals surface area (Å²) in [5, 5.41) is 0. The van der Waals surface area contributed by atoms with E-state index in [2.05, 4.69) is 13.0 Å². The normalized spacial score (nSPS) is 52.7. The van der Waals surface area contributed by atoms with E-state index in [-0.39, 0.29) is 5.41 Å². The van der Waals surface area contributed by atoms with Gasteiger partial charge in [0, 0.05) is 5.41 Å². The molecule has 3 aliphatic rings. The Kier molecular flexibility index (Phi) is 1.35. The lowest BCUT2D eigenvalue weighted by Crippen LogP contribution is -2.32. The maximum atomic E-state index is 11.9. The highest BCUT2D eigenvalue weighted by molar-refractivity contribution is 5.98. The number of carbonyl (C=O) groups excluding carboxylic acids is 1. The van der Waals surface area contributed by atoms with Crippen LogP contribution in [0, 0.1) is 23.2 Å². The number of rotatable bonds is 0. The predicted octanol–water partition coefficient (Wildman–Crippen LogP) is 2.57. The molecular formula is C12H16O. The molecule has 1 spiro atoms. The first-order chi connectivity index (χ1) is 6.25. The van der Waals surface area contributed by atoms with E-state index in [1.165, 1.54) is 25.7 Å². The van der Waals surface area contributed by atoms with E-state index in [1.807, 2.05) is 6.08 Å². The van der Waals surface area contributed by atoms with Crippen LogP contribution in [0.1, 0.15) is 32.6 Å². The highest BCUT2D eigenvalue weighted by atomic mass is 16.1. The molecular weight excluding hydrogens is 160 g/mol. The Hall–Kier alpha value is -0.590. The van der Waals surface area contributed by atoms with Gasteiger partial charge in [0.25, 0.3) is 0 Å². The fourth-order valence-electron chi connectivity index (χ4n) is 4.18. The zero-order valence-corrected chi connectivity index (χ0v) is 8.12. The van der Waals surface area contributed by atoms with Crippen LogP contribution in [0.25, 0.3) is 0 Å². The molecule has 0 aromatic carbocycles. The quantitative estimate of drug-likeness (QED) is 0.554. The van der Waals surface area contributed by atoms with Gasteiger partial charge in [-0.3, -0.25) is 4.79 Å². The molecule has 0 bridgehead atoms. The smallest absolute Gasteiger partial charge is 0.162 e. The minimum absolute atomic E-state index is 0.0966. The van der Waals surface area contributed by atoms with Gasteiger partial charge in [-0.25, -0.2) is 0 Å². The second kappa shape index (κ2) is 2.26. The van der Waals surface area contributed by atoms with Crippen molar-refractivity contribution in [2.75, 3.05) is 0 Å². The van der Waals surface area contributed by atoms with Gasteiger partial charge in [0.2, 0.25) is 0 Å². The highest BCUT2D eigenvalue weighted by Gasteiger charge is 2.60. The minimum atomic E-state index is 0.0966. The lowest BCUT2D eigenvalue weighted by molar-refractivity contribution is -0.125. The van der Waals surface area contributed by atoms with Gasteiger partial charge in [0.05, 0.1) is 0 Å². The third-order valence-electron chi connectivity index (χ3n) is 4.68. The van der Waals surface area contributed by atoms with E-state index in [0.29, 0.717) is 17.6 Å². The van der Waals surface area contributed by atoms with Crippen molar-refractivity contribution in [1.82, 2.24) is 0 Å². The Bertz CT molecular complexity index is 291. The molecule has 3 aliphatic carbocycles. The van der Waals surface area contributed by atoms with E-state index in [4.69, 9.17) is 0 Å². The summed E-state index contributed by atoms with van der Waals surface area (Å²) in [7, 11) is 0. The van der Waals surface area contributed by atoms with Gasteiger partial charge in [-0.05, 0) is 43.1 Å². The summed E-state index contributed by atoms with van der Waals surface area (Å²) in [5.41, 5.74) is 0.0966. The summed E-state index contributed by atoms with van der Waals surface area (Å²) in [6, 6.07) is 0. The van der Waals surface area contributed by atoms with Crippen molar-refractivity contribution in [2.45, 2.75) is 32.6 Å². The summed E-state index contributed by atoms with van der Waals surface area (Å²) in [6.45, 7) is 2.33. The molecule has 0 amide bonds. The van der Waals surface area contributed by atoms with Crippen molar-refractivity contribution >= 4 is 5.78 Å². The molecule has 0 radical (unpaired) electrons. The van der Waals surface area contributed by atoms with Crippen molar-refractivity contribution in [2.24, 2.45) is 23.2 Å². The number of ketones is 1. The first-order valence-electron chi connectivity index (χ1n) is 5.48. The molecule has 4 unspecified atom stereocenters. The lowest BCUT2D eigenvalue weighted by Gasteiger charge is -2.28. The summed E-state index contributed by atoms with van der Waals surface area (Å²) in [6.07, 6.45) is 9.04. The van der Waals surface area contributed by atoms with Crippen molar-refractivity contribution in [3.63, 3.8) is 0 Å². The number of carbonyl (C=O) groups is 1. The molecule has 70 valence electrons. The van der Waals surface area contributed by atoms with Crippen LogP contribution in [0.15, 0.2) is 12.2 Å². The van der Waals surface area contributed by atoms with E-state index >= 15 is 0 Å². The molecule has 0 heterocycles. The largest absolute Gasteiger partial charge is 0.294 e. The summed E-state index contributed by atoms with van der Waals surface area (Å²) < 4.78 is 0. The molecule has 0 aromatic heterocycles. The van der Waals surface area contributed by atoms with E-state index in [1.54, 1.807) is 0 Å². The van der Waals surface area contributed by atoms with Crippen LogP contribution >= 0.6 is 0 Å². The zero-order chi connectivity index (χ0) is 9.05. The second-order valence-corrected chi connectivity index (χ2v) is 5.08. The van der Waals surface area contributed by atoms with Crippen LogP contribution < -0.4 is 0 Å². The summed E-state index contributed by atoms with van der Waals surface area (Å²) >= 11 is 0. The highest BCUT2D eigenvalue weighted by Crippen LogP contribution is 2.62. The molecule has 0 saturated heterocycles. The lowest BCUT2D eigenvalue weighted by atomic mass is 9.73. The zero-order valence-electron chi connectivity index (χ0n) is 8.12. The molecule has 0 aromatic rings. The van der Waals surface area contributed by atoms with Crippen LogP contribution in [0.3, 0.4) is 0 Å². The Morgan fingerprint density at radius 2 is 2.38 bits per heavy atom. The third-order valence-corrected chi connectivity index (χ3v) is 4.68. The maximum absolute atomic E-state index is 11.9. The number of hydrogen-bond donors (Lipinski definition) is 0. The minimum Gasteiger partial charge on any atom is -0.294 e. The second-order valence-electron chi connectivity index (χ2n) is 5.08. The molecule has 1 nitrogen and oxygen atoms in total. The molecule has 3 rings (SSSR count). The van der Waals surface area contributed by atoms with Crippen LogP contribution in [0.5, 0.6) is 0 Å². The van der Waals surface area contributed by atoms with Crippen LogP contribution in [0.2, 0.25) is 0 Å². The van der Waals surface area contributed by atoms with Gasteiger partial charge in [-0.15, -0.1) is 0 Å². The van der Waals surface area contributed by atoms with Crippen molar-refractivity contribution in [3.05, 3.63) is 12.2 Å². The molecule has 0 aliphatic heterocycles. The fourth-order valence-corrected chi connectivity index (χ4v) is 4.18. The van der Waals surface area contributed by atoms with Gasteiger partial charge in [0.1, 0.15) is 0 Å². The summed E-state index contributed by atoms with van der Waals surface area (Å²) in [5.74, 6) is 2.54. The van der Waals surface area contributed by atoms with E-state index < -0.39 is 0 Å². The SMILES string of the molecule is CC1CC2C=CC(=O)C23CCCC13. The predicted molar refractivity (Wildman–Crippen MR) is 51.2 cm³/mol. The molecule has 13 heavy (non-hydrogen) atoms. The number of hydrogen-bond acceptors (Lipinski definition) is 1. The monoisotopic (exact) mass is 176 g/mol. The average Bonchev–Trinajstić information content (AvgIpc) is 2.70. The van der Waals surface area contributed by atoms with Crippen molar-refractivity contribution in [1.29, 1.82) is 0 Å². The van der Waals surface area contributed by atoms with E-state index in [0.717, 1.165) is 5.92 Å². The van der Waals surface area contributed by atoms with Crippen LogP contribution in [0.4, 0.5) is 0 Å². The molecule has 0 N–H and O–H groups in total. The first-order valence-corrected chi connectivity index (χ1v) is 5.48. The fraction of sp³-hybridized carbons (Fsp3) is 0.750. The van der Waals surface area contributed by atoms with Gasteiger partial charge < -0.3 is 0 Å². The molecule has 2 saturated carbocycles. The molecule has 4 atom stereocenters. The van der Waals surface area contributed by atoms with Gasteiger partial charge in [0.15, 0.2) is 5.78 Å². The summed E-state index contributed by atoms with van der Waals surface area (Å²) in [4.78, 5) is 11.9. The standard InChI is InChI=1S/C12H16O/c1-8-7-9-4-5-11(13)12(9)6-2-3-10(8)12/h4-5,8-10H,2-3,6-7H2,1H3. The number of allylic oxidation sites excluding steroid dienone is 2. The van der Waals surface area contributed by atoms with Crippen LogP contribution in [-0.2, 0) is 4.79 Å². The van der Waals surface area contributed by atoms with Gasteiger partial charge >= 0.3 is 0 Å². The van der Waals surface area contributed by atoms with E-state index in [9.17, 15) is 4.79 Å². The Labute approximate surface area is 79.2 Å². The third kappa shape index (κ3) is 0.722. The Balaban J connectivity index is 2.09. The van der Waals surface area contributed by atoms with Gasteiger partial charge in [-0.2, -0.15) is 0 Å². The molecule has 2 fully saturated rings. The Morgan fingerprint density at radius 1 is 1.54 bits per heavy atom. The maximum Gasteiger partial charge on any atom is 0.162 e. The molecule has 1 heteroatoms. The van der Waals surface area contributed by atoms with Crippen molar-refractivity contribution < 1.29 is 4.79 Å². The van der Waals surface area contributed by atoms with Crippen LogP contribution in [-0.4, -0.2) is 5.78 Å². The van der Waals surface area contributed by atoms with Crippen molar-refractivity contribution in [3.8, 4) is 0 Å². The average molecular weight is 176 g/mol. The Morgan fingerprint density at radius 3 is 3.23 bits per heavy atom. The first kappa shape index (κ1) is 7.78.